The number of fused-ring (bicyclic) bond motifs is 1. The molecule has 1 aromatic rings. The lowest BCUT2D eigenvalue weighted by Gasteiger charge is -2.47. The molecule has 28 heavy (non-hydrogen) atoms. The van der Waals surface area contributed by atoms with Crippen LogP contribution in [-0.4, -0.2) is 84.9 Å². The summed E-state index contributed by atoms with van der Waals surface area (Å²) in [7, 11) is 0. The number of amidine groups is 1. The first-order chi connectivity index (χ1) is 13.7. The van der Waals surface area contributed by atoms with Crippen molar-refractivity contribution in [1.82, 2.24) is 20.1 Å². The quantitative estimate of drug-likeness (QED) is 0.826. The molecular weight excluding hydrogens is 352 g/mol. The Morgan fingerprint density at radius 2 is 1.71 bits per heavy atom. The maximum Gasteiger partial charge on any atom is 0.249 e. The van der Waals surface area contributed by atoms with E-state index in [1.807, 2.05) is 12.4 Å². The zero-order valence-electron chi connectivity index (χ0n) is 16.5. The van der Waals surface area contributed by atoms with Crippen LogP contribution in [0.2, 0.25) is 0 Å². The monoisotopic (exact) mass is 382 g/mol. The van der Waals surface area contributed by atoms with Crippen LogP contribution in [0.25, 0.3) is 0 Å². The lowest BCUT2D eigenvalue weighted by molar-refractivity contribution is -0.135. The molecule has 0 saturated carbocycles. The highest BCUT2D eigenvalue weighted by Gasteiger charge is 2.41. The molecule has 5 heterocycles. The second-order valence-electron chi connectivity index (χ2n) is 8.70. The van der Waals surface area contributed by atoms with Crippen molar-refractivity contribution in [1.29, 1.82) is 0 Å². The average Bonchev–Trinajstić information content (AvgIpc) is 3.19. The minimum atomic E-state index is -0.183. The summed E-state index contributed by atoms with van der Waals surface area (Å²) in [5.74, 6) is 1.31. The Hall–Kier alpha value is -2.15. The molecule has 1 spiro atoms. The third-order valence-corrected chi connectivity index (χ3v) is 7.18. The number of piperidine rings is 2. The van der Waals surface area contributed by atoms with Gasteiger partial charge in [0.1, 0.15) is 11.9 Å². The van der Waals surface area contributed by atoms with Crippen molar-refractivity contribution in [2.75, 3.05) is 57.3 Å². The number of nitrogens with zero attached hydrogens (tertiary/aromatic N) is 5. The molecule has 4 aliphatic heterocycles. The number of aromatic nitrogens is 1. The van der Waals surface area contributed by atoms with E-state index >= 15 is 0 Å². The number of hydrogen-bond acceptors (Lipinski definition) is 6. The van der Waals surface area contributed by atoms with Gasteiger partial charge >= 0.3 is 0 Å². The SMILES string of the molecule is O=C(C1CN2CCNCC2=N1)N1CCC2(CC1)CCN(c1ccncc1)CC2. The lowest BCUT2D eigenvalue weighted by atomic mass is 9.71. The van der Waals surface area contributed by atoms with E-state index in [0.29, 0.717) is 5.41 Å². The number of carbonyl (C=O) groups excluding carboxylic acids is 1. The van der Waals surface area contributed by atoms with Gasteiger partial charge in [-0.25, -0.2) is 0 Å². The number of aliphatic imine (C=N–C) groups is 1. The summed E-state index contributed by atoms with van der Waals surface area (Å²) in [6, 6.07) is 4.02. The van der Waals surface area contributed by atoms with Gasteiger partial charge in [-0.05, 0) is 43.2 Å². The van der Waals surface area contributed by atoms with Crippen molar-refractivity contribution in [3.8, 4) is 0 Å². The van der Waals surface area contributed by atoms with E-state index in [4.69, 9.17) is 4.99 Å². The van der Waals surface area contributed by atoms with Crippen molar-refractivity contribution in [2.24, 2.45) is 10.4 Å². The van der Waals surface area contributed by atoms with Crippen molar-refractivity contribution < 1.29 is 4.79 Å². The molecule has 4 aliphatic rings. The summed E-state index contributed by atoms with van der Waals surface area (Å²) in [6.45, 7) is 7.55. The van der Waals surface area contributed by atoms with Gasteiger partial charge in [0.15, 0.2) is 0 Å². The summed E-state index contributed by atoms with van der Waals surface area (Å²) < 4.78 is 0. The van der Waals surface area contributed by atoms with E-state index < -0.39 is 0 Å². The molecule has 5 rings (SSSR count). The molecule has 1 atom stereocenters. The van der Waals surface area contributed by atoms with Gasteiger partial charge in [0.05, 0.1) is 13.1 Å². The van der Waals surface area contributed by atoms with Gasteiger partial charge in [0, 0.05) is 57.3 Å². The fourth-order valence-electron chi connectivity index (χ4n) is 5.25. The molecule has 7 heteroatoms. The summed E-state index contributed by atoms with van der Waals surface area (Å²) in [5, 5.41) is 3.34. The van der Waals surface area contributed by atoms with E-state index in [9.17, 15) is 4.79 Å². The van der Waals surface area contributed by atoms with E-state index in [1.54, 1.807) is 0 Å². The highest BCUT2D eigenvalue weighted by Crippen LogP contribution is 2.42. The third kappa shape index (κ3) is 3.36. The van der Waals surface area contributed by atoms with Gasteiger partial charge in [-0.2, -0.15) is 0 Å². The molecule has 1 amide bonds. The van der Waals surface area contributed by atoms with E-state index in [2.05, 4.69) is 37.1 Å². The molecule has 1 N–H and O–H groups in total. The van der Waals surface area contributed by atoms with Gasteiger partial charge in [-0.15, -0.1) is 0 Å². The van der Waals surface area contributed by atoms with Gasteiger partial charge < -0.3 is 20.0 Å². The molecule has 0 bridgehead atoms. The molecule has 0 aliphatic carbocycles. The number of pyridine rings is 1. The van der Waals surface area contributed by atoms with Crippen LogP contribution in [0.3, 0.4) is 0 Å². The second kappa shape index (κ2) is 7.35. The topological polar surface area (TPSA) is 64.1 Å². The van der Waals surface area contributed by atoms with Crippen molar-refractivity contribution in [3.05, 3.63) is 24.5 Å². The van der Waals surface area contributed by atoms with E-state index in [1.165, 1.54) is 18.5 Å². The van der Waals surface area contributed by atoms with Crippen LogP contribution in [-0.2, 0) is 4.79 Å². The third-order valence-electron chi connectivity index (χ3n) is 7.18. The predicted octanol–water partition coefficient (Wildman–Crippen LogP) is 0.977. The molecule has 1 unspecified atom stereocenters. The van der Waals surface area contributed by atoms with Gasteiger partial charge in [0.25, 0.3) is 0 Å². The van der Waals surface area contributed by atoms with Gasteiger partial charge in [0.2, 0.25) is 5.91 Å². The zero-order valence-corrected chi connectivity index (χ0v) is 16.5. The predicted molar refractivity (Wildman–Crippen MR) is 110 cm³/mol. The summed E-state index contributed by atoms with van der Waals surface area (Å²) >= 11 is 0. The van der Waals surface area contributed by atoms with Crippen LogP contribution in [0.15, 0.2) is 29.5 Å². The van der Waals surface area contributed by atoms with Gasteiger partial charge in [-0.1, -0.05) is 0 Å². The maximum absolute atomic E-state index is 13.0. The standard InChI is InChI=1S/C21H30N6O/c28-20(18-16-27-14-9-23-15-19(27)24-18)26-12-5-21(6-13-26)3-10-25(11-4-21)17-1-7-22-8-2-17/h1-2,7-8,18,23H,3-6,9-16H2. The van der Waals surface area contributed by atoms with Crippen LogP contribution in [0.4, 0.5) is 5.69 Å². The number of nitrogens with one attached hydrogen (secondary N) is 1. The number of amides is 1. The number of carbonyl (C=O) groups is 1. The molecule has 3 fully saturated rings. The highest BCUT2D eigenvalue weighted by atomic mass is 16.2. The summed E-state index contributed by atoms with van der Waals surface area (Å²) in [4.78, 5) is 28.7. The average molecular weight is 383 g/mol. The first-order valence-corrected chi connectivity index (χ1v) is 10.7. The minimum Gasteiger partial charge on any atom is -0.371 e. The normalized spacial score (nSPS) is 26.9. The Kier molecular flexibility index (Phi) is 4.70. The second-order valence-corrected chi connectivity index (χ2v) is 8.70. The van der Waals surface area contributed by atoms with E-state index in [-0.39, 0.29) is 11.9 Å². The minimum absolute atomic E-state index is 0.183. The number of rotatable bonds is 2. The lowest BCUT2D eigenvalue weighted by Crippen LogP contribution is -2.51. The maximum atomic E-state index is 13.0. The molecule has 3 saturated heterocycles. The molecule has 150 valence electrons. The Morgan fingerprint density at radius 3 is 2.43 bits per heavy atom. The molecular formula is C21H30N6O. The van der Waals surface area contributed by atoms with Crippen molar-refractivity contribution in [3.63, 3.8) is 0 Å². The van der Waals surface area contributed by atoms with Crippen LogP contribution in [0.1, 0.15) is 25.7 Å². The largest absolute Gasteiger partial charge is 0.371 e. The zero-order chi connectivity index (χ0) is 19.0. The first-order valence-electron chi connectivity index (χ1n) is 10.7. The number of piperazine rings is 1. The fraction of sp³-hybridized carbons (Fsp3) is 0.667. The first kappa shape index (κ1) is 17.9. The number of likely N-dealkylation sites (tertiary alicyclic amines) is 1. The van der Waals surface area contributed by atoms with Crippen LogP contribution in [0.5, 0.6) is 0 Å². The summed E-state index contributed by atoms with van der Waals surface area (Å²) in [6.07, 6.45) is 8.47. The Balaban J connectivity index is 1.15. The molecule has 1 aromatic heterocycles. The fourth-order valence-corrected chi connectivity index (χ4v) is 5.25. The summed E-state index contributed by atoms with van der Waals surface area (Å²) in [5.41, 5.74) is 1.70. The molecule has 0 aromatic carbocycles. The number of hydrogen-bond donors (Lipinski definition) is 1. The van der Waals surface area contributed by atoms with Crippen LogP contribution < -0.4 is 10.2 Å². The Morgan fingerprint density at radius 1 is 1.00 bits per heavy atom. The van der Waals surface area contributed by atoms with E-state index in [0.717, 1.165) is 71.0 Å². The van der Waals surface area contributed by atoms with Gasteiger partial charge in [-0.3, -0.25) is 14.8 Å². The Bertz CT molecular complexity index is 733. The molecule has 0 radical (unpaired) electrons. The van der Waals surface area contributed by atoms with Crippen molar-refractivity contribution >= 4 is 17.4 Å². The Labute approximate surface area is 166 Å². The highest BCUT2D eigenvalue weighted by molar-refractivity contribution is 5.93. The number of anilines is 1. The van der Waals surface area contributed by atoms with Crippen LogP contribution in [0, 0.1) is 5.41 Å². The van der Waals surface area contributed by atoms with Crippen molar-refractivity contribution in [2.45, 2.75) is 31.7 Å². The smallest absolute Gasteiger partial charge is 0.249 e. The molecule has 7 nitrogen and oxygen atoms in total. The van der Waals surface area contributed by atoms with Crippen LogP contribution >= 0.6 is 0 Å².